The van der Waals surface area contributed by atoms with Crippen molar-refractivity contribution in [1.82, 2.24) is 9.30 Å². The minimum absolute atomic E-state index is 0.204. The van der Waals surface area contributed by atoms with E-state index >= 15 is 0 Å². The molecule has 0 aromatic carbocycles. The Morgan fingerprint density at radius 3 is 2.39 bits per heavy atom. The van der Waals surface area contributed by atoms with Crippen LogP contribution in [0.3, 0.4) is 0 Å². The SMILES string of the molecule is O=C(CCCn1cccc1)On1c(O)ccc1O. The van der Waals surface area contributed by atoms with Crippen molar-refractivity contribution >= 4 is 5.97 Å². The molecule has 0 unspecified atom stereocenters. The average Bonchev–Trinajstić information content (AvgIpc) is 2.94. The van der Waals surface area contributed by atoms with Crippen molar-refractivity contribution in [2.24, 2.45) is 0 Å². The summed E-state index contributed by atoms with van der Waals surface area (Å²) < 4.78 is 2.65. The van der Waals surface area contributed by atoms with Crippen LogP contribution in [0.1, 0.15) is 12.8 Å². The van der Waals surface area contributed by atoms with Gasteiger partial charge >= 0.3 is 5.97 Å². The molecule has 6 nitrogen and oxygen atoms in total. The molecule has 0 saturated carbocycles. The van der Waals surface area contributed by atoms with Crippen molar-refractivity contribution in [2.45, 2.75) is 19.4 Å². The third kappa shape index (κ3) is 2.85. The highest BCUT2D eigenvalue weighted by molar-refractivity contribution is 5.69. The molecule has 0 spiro atoms. The van der Waals surface area contributed by atoms with Gasteiger partial charge in [-0.15, -0.1) is 4.73 Å². The van der Waals surface area contributed by atoms with Crippen LogP contribution in [-0.2, 0) is 11.3 Å². The van der Waals surface area contributed by atoms with Gasteiger partial charge in [0.05, 0.1) is 0 Å². The molecule has 2 aromatic heterocycles. The summed E-state index contributed by atoms with van der Waals surface area (Å²) in [7, 11) is 0. The van der Waals surface area contributed by atoms with Crippen molar-refractivity contribution in [3.63, 3.8) is 0 Å². The summed E-state index contributed by atoms with van der Waals surface area (Å²) in [5, 5.41) is 18.6. The molecule has 18 heavy (non-hydrogen) atoms. The molecule has 0 saturated heterocycles. The fraction of sp³-hybridized carbons (Fsp3) is 0.250. The van der Waals surface area contributed by atoms with E-state index in [9.17, 15) is 15.0 Å². The van der Waals surface area contributed by atoms with Crippen molar-refractivity contribution in [3.05, 3.63) is 36.7 Å². The molecule has 0 fully saturated rings. The summed E-state index contributed by atoms with van der Waals surface area (Å²) in [6.07, 6.45) is 4.65. The summed E-state index contributed by atoms with van der Waals surface area (Å²) in [5.74, 6) is -1.14. The highest BCUT2D eigenvalue weighted by Crippen LogP contribution is 2.18. The van der Waals surface area contributed by atoms with Gasteiger partial charge in [-0.25, -0.2) is 4.79 Å². The maximum atomic E-state index is 11.5. The molecule has 2 aromatic rings. The van der Waals surface area contributed by atoms with Crippen molar-refractivity contribution < 1.29 is 19.8 Å². The smallest absolute Gasteiger partial charge is 0.333 e. The van der Waals surface area contributed by atoms with Crippen LogP contribution in [0.5, 0.6) is 11.8 Å². The van der Waals surface area contributed by atoms with Crippen molar-refractivity contribution in [2.75, 3.05) is 0 Å². The lowest BCUT2D eigenvalue weighted by molar-refractivity contribution is -0.145. The van der Waals surface area contributed by atoms with Crippen LogP contribution in [0.15, 0.2) is 36.7 Å². The maximum absolute atomic E-state index is 11.5. The Morgan fingerprint density at radius 1 is 1.17 bits per heavy atom. The predicted molar refractivity (Wildman–Crippen MR) is 63.0 cm³/mol. The Hall–Kier alpha value is -2.37. The van der Waals surface area contributed by atoms with E-state index in [1.165, 1.54) is 12.1 Å². The van der Waals surface area contributed by atoms with Crippen LogP contribution >= 0.6 is 0 Å². The number of aryl methyl sites for hydroxylation is 1. The average molecular weight is 250 g/mol. The van der Waals surface area contributed by atoms with Crippen LogP contribution in [0, 0.1) is 0 Å². The number of hydrogen-bond acceptors (Lipinski definition) is 4. The molecular weight excluding hydrogens is 236 g/mol. The molecular formula is C12H14N2O4. The minimum Gasteiger partial charge on any atom is -0.492 e. The molecule has 2 N–H and O–H groups in total. The van der Waals surface area contributed by atoms with Crippen molar-refractivity contribution in [3.8, 4) is 11.8 Å². The molecule has 0 aliphatic rings. The Morgan fingerprint density at radius 2 is 1.78 bits per heavy atom. The first-order chi connectivity index (χ1) is 8.66. The summed E-state index contributed by atoms with van der Waals surface area (Å²) in [6, 6.07) is 6.30. The highest BCUT2D eigenvalue weighted by Gasteiger charge is 2.11. The second kappa shape index (κ2) is 5.31. The van der Waals surface area contributed by atoms with E-state index in [-0.39, 0.29) is 18.2 Å². The Labute approximate surface area is 104 Å². The lowest BCUT2D eigenvalue weighted by atomic mass is 10.3. The minimum atomic E-state index is -0.510. The number of carbonyl (C=O) groups is 1. The van der Waals surface area contributed by atoms with Crippen LogP contribution in [0.2, 0.25) is 0 Å². The molecule has 0 aliphatic carbocycles. The number of carbonyl (C=O) groups excluding carboxylic acids is 1. The van der Waals surface area contributed by atoms with Gasteiger partial charge in [0.15, 0.2) is 0 Å². The fourth-order valence-electron chi connectivity index (χ4n) is 1.57. The monoisotopic (exact) mass is 250 g/mol. The summed E-state index contributed by atoms with van der Waals surface area (Å²) in [4.78, 5) is 16.3. The third-order valence-electron chi connectivity index (χ3n) is 2.45. The van der Waals surface area contributed by atoms with E-state index in [0.717, 1.165) is 0 Å². The number of hydrogen-bond donors (Lipinski definition) is 2. The van der Waals surface area contributed by atoms with E-state index in [4.69, 9.17) is 4.84 Å². The second-order valence-electron chi connectivity index (χ2n) is 3.83. The van der Waals surface area contributed by atoms with Crippen LogP contribution in [0.4, 0.5) is 0 Å². The maximum Gasteiger partial charge on any atom is 0.333 e. The molecule has 2 heterocycles. The molecule has 0 aliphatic heterocycles. The normalized spacial score (nSPS) is 10.4. The zero-order valence-corrected chi connectivity index (χ0v) is 9.69. The van der Waals surface area contributed by atoms with Gasteiger partial charge in [-0.05, 0) is 18.6 Å². The predicted octanol–water partition coefficient (Wildman–Crippen LogP) is 1.14. The summed E-state index contributed by atoms with van der Waals surface area (Å²) in [5.41, 5.74) is 0. The van der Waals surface area contributed by atoms with E-state index in [1.54, 1.807) is 0 Å². The molecule has 2 rings (SSSR count). The molecule has 0 atom stereocenters. The first-order valence-corrected chi connectivity index (χ1v) is 5.58. The standard InChI is InChI=1S/C12H14N2O4/c15-10-5-6-11(16)14(10)18-12(17)4-3-9-13-7-1-2-8-13/h1-2,5-8,15-16H,3-4,9H2. The summed E-state index contributed by atoms with van der Waals surface area (Å²) in [6.45, 7) is 0.714. The lowest BCUT2D eigenvalue weighted by Gasteiger charge is -2.07. The fourth-order valence-corrected chi connectivity index (χ4v) is 1.57. The van der Waals surface area contributed by atoms with E-state index < -0.39 is 5.97 Å². The lowest BCUT2D eigenvalue weighted by Crippen LogP contribution is -2.19. The van der Waals surface area contributed by atoms with E-state index in [1.807, 2.05) is 29.1 Å². The van der Waals surface area contributed by atoms with Crippen molar-refractivity contribution in [1.29, 1.82) is 0 Å². The zero-order chi connectivity index (χ0) is 13.0. The molecule has 0 amide bonds. The van der Waals surface area contributed by atoms with Gasteiger partial charge in [-0.2, -0.15) is 0 Å². The van der Waals surface area contributed by atoms with Crippen LogP contribution < -0.4 is 4.84 Å². The van der Waals surface area contributed by atoms with Gasteiger partial charge in [0.1, 0.15) is 0 Å². The van der Waals surface area contributed by atoms with Gasteiger partial charge < -0.3 is 19.6 Å². The van der Waals surface area contributed by atoms with Crippen LogP contribution in [-0.4, -0.2) is 25.5 Å². The second-order valence-corrected chi connectivity index (χ2v) is 3.83. The largest absolute Gasteiger partial charge is 0.492 e. The van der Waals surface area contributed by atoms with E-state index in [2.05, 4.69) is 0 Å². The number of aromatic hydroxyl groups is 2. The molecule has 6 heteroatoms. The first kappa shape index (κ1) is 12.1. The zero-order valence-electron chi connectivity index (χ0n) is 9.69. The van der Waals surface area contributed by atoms with E-state index in [0.29, 0.717) is 17.7 Å². The number of nitrogens with zero attached hydrogens (tertiary/aromatic N) is 2. The molecule has 96 valence electrons. The number of aromatic nitrogens is 2. The highest BCUT2D eigenvalue weighted by atomic mass is 16.7. The molecule has 0 radical (unpaired) electrons. The summed E-state index contributed by atoms with van der Waals surface area (Å²) >= 11 is 0. The van der Waals surface area contributed by atoms with Gasteiger partial charge in [0.25, 0.3) is 0 Å². The Balaban J connectivity index is 1.79. The Kier molecular flexibility index (Phi) is 3.57. The number of rotatable bonds is 5. The third-order valence-corrected chi connectivity index (χ3v) is 2.45. The quantitative estimate of drug-likeness (QED) is 0.834. The van der Waals surface area contributed by atoms with Crippen LogP contribution in [0.25, 0.3) is 0 Å². The topological polar surface area (TPSA) is 76.6 Å². The molecule has 0 bridgehead atoms. The van der Waals surface area contributed by atoms with Gasteiger partial charge in [-0.3, -0.25) is 0 Å². The first-order valence-electron chi connectivity index (χ1n) is 5.58. The van der Waals surface area contributed by atoms with Gasteiger partial charge in [0, 0.05) is 37.5 Å². The van der Waals surface area contributed by atoms with Gasteiger partial charge in [-0.1, -0.05) is 0 Å². The Bertz CT molecular complexity index is 497. The van der Waals surface area contributed by atoms with Gasteiger partial charge in [0.2, 0.25) is 11.8 Å².